The fourth-order valence-corrected chi connectivity index (χ4v) is 4.13. The molecule has 1 fully saturated rings. The number of halogens is 1. The maximum atomic E-state index is 4.48. The molecule has 4 rings (SSSR count). The van der Waals surface area contributed by atoms with Crippen molar-refractivity contribution in [1.82, 2.24) is 25.0 Å². The van der Waals surface area contributed by atoms with Crippen LogP contribution in [0.1, 0.15) is 35.3 Å². The summed E-state index contributed by atoms with van der Waals surface area (Å²) in [5.41, 5.74) is 0. The maximum absolute atomic E-state index is 4.48. The first-order chi connectivity index (χ1) is 10.4. The number of likely N-dealkylation sites (tertiary alicyclic amines) is 1. The first kappa shape index (κ1) is 15.9. The SMILES string of the molecule is Cl.c1csc(CN2CCC(c3nnc4n3CCNC4)CC2)c1. The molecule has 0 amide bonds. The minimum atomic E-state index is 0. The van der Waals surface area contributed by atoms with Gasteiger partial charge in [0, 0.05) is 30.4 Å². The van der Waals surface area contributed by atoms with E-state index in [1.54, 1.807) is 0 Å². The van der Waals surface area contributed by atoms with Gasteiger partial charge in [-0.1, -0.05) is 6.07 Å². The molecule has 2 aromatic heterocycles. The van der Waals surface area contributed by atoms with Crippen molar-refractivity contribution in [3.63, 3.8) is 0 Å². The van der Waals surface area contributed by atoms with E-state index in [9.17, 15) is 0 Å². The zero-order valence-electron chi connectivity index (χ0n) is 12.6. The van der Waals surface area contributed by atoms with Gasteiger partial charge >= 0.3 is 0 Å². The van der Waals surface area contributed by atoms with Crippen LogP contribution >= 0.6 is 23.7 Å². The normalized spacial score (nSPS) is 19.6. The number of thiophene rings is 1. The fraction of sp³-hybridized carbons (Fsp3) is 0.600. The van der Waals surface area contributed by atoms with Gasteiger partial charge < -0.3 is 9.88 Å². The van der Waals surface area contributed by atoms with Crippen molar-refractivity contribution in [2.75, 3.05) is 19.6 Å². The van der Waals surface area contributed by atoms with E-state index in [0.717, 1.165) is 32.0 Å². The standard InChI is InChI=1S/C15H21N5S.ClH/c1-2-13(21-9-1)11-19-6-3-12(4-7-19)15-18-17-14-10-16-5-8-20(14)15;/h1-2,9,12,16H,3-8,10-11H2;1H. The zero-order chi connectivity index (χ0) is 14.1. The summed E-state index contributed by atoms with van der Waals surface area (Å²) < 4.78 is 2.34. The molecule has 2 aliphatic heterocycles. The van der Waals surface area contributed by atoms with Crippen LogP contribution in [0.4, 0.5) is 0 Å². The Labute approximate surface area is 141 Å². The third-order valence-electron chi connectivity index (χ3n) is 4.56. The zero-order valence-corrected chi connectivity index (χ0v) is 14.2. The largest absolute Gasteiger partial charge is 0.312 e. The molecule has 22 heavy (non-hydrogen) atoms. The highest BCUT2D eigenvalue weighted by molar-refractivity contribution is 7.09. The summed E-state index contributed by atoms with van der Waals surface area (Å²) in [6.07, 6.45) is 2.41. The number of nitrogens with zero attached hydrogens (tertiary/aromatic N) is 4. The minimum Gasteiger partial charge on any atom is -0.312 e. The molecule has 0 spiro atoms. The second kappa shape index (κ2) is 7.08. The molecule has 1 saturated heterocycles. The molecule has 2 aromatic rings. The molecule has 0 aromatic carbocycles. The topological polar surface area (TPSA) is 46.0 Å². The van der Waals surface area contributed by atoms with Crippen molar-refractivity contribution in [2.24, 2.45) is 0 Å². The van der Waals surface area contributed by atoms with Crippen LogP contribution in [0.2, 0.25) is 0 Å². The van der Waals surface area contributed by atoms with E-state index in [-0.39, 0.29) is 12.4 Å². The first-order valence-electron chi connectivity index (χ1n) is 7.77. The molecule has 2 aliphatic rings. The smallest absolute Gasteiger partial charge is 0.147 e. The maximum Gasteiger partial charge on any atom is 0.147 e. The lowest BCUT2D eigenvalue weighted by Gasteiger charge is -2.31. The van der Waals surface area contributed by atoms with Gasteiger partial charge in [0.15, 0.2) is 0 Å². The summed E-state index contributed by atoms with van der Waals surface area (Å²) in [6, 6.07) is 4.38. The lowest BCUT2D eigenvalue weighted by Crippen LogP contribution is -2.34. The number of nitrogens with one attached hydrogen (secondary N) is 1. The van der Waals surface area contributed by atoms with Gasteiger partial charge in [0.25, 0.3) is 0 Å². The van der Waals surface area contributed by atoms with E-state index in [1.165, 1.54) is 36.6 Å². The van der Waals surface area contributed by atoms with Gasteiger partial charge in [0.1, 0.15) is 11.6 Å². The molecule has 0 radical (unpaired) electrons. The molecule has 4 heterocycles. The highest BCUT2D eigenvalue weighted by Crippen LogP contribution is 2.28. The number of rotatable bonds is 3. The van der Waals surface area contributed by atoms with Gasteiger partial charge in [-0.3, -0.25) is 4.90 Å². The molecule has 120 valence electrons. The second-order valence-electron chi connectivity index (χ2n) is 5.93. The predicted molar refractivity (Wildman–Crippen MR) is 90.5 cm³/mol. The Hall–Kier alpha value is -0.950. The Kier molecular flexibility index (Phi) is 5.13. The molecule has 7 heteroatoms. The average Bonchev–Trinajstić information content (AvgIpc) is 3.17. The van der Waals surface area contributed by atoms with E-state index in [2.05, 4.69) is 42.5 Å². The van der Waals surface area contributed by atoms with Crippen LogP contribution in [0.3, 0.4) is 0 Å². The van der Waals surface area contributed by atoms with Gasteiger partial charge in [0.05, 0.1) is 6.54 Å². The predicted octanol–water partition coefficient (Wildman–Crippen LogP) is 2.24. The number of piperidine rings is 1. The Morgan fingerprint density at radius 2 is 2.09 bits per heavy atom. The van der Waals surface area contributed by atoms with Gasteiger partial charge in [0.2, 0.25) is 0 Å². The van der Waals surface area contributed by atoms with E-state index in [0.29, 0.717) is 5.92 Å². The van der Waals surface area contributed by atoms with E-state index in [4.69, 9.17) is 0 Å². The summed E-state index contributed by atoms with van der Waals surface area (Å²) in [4.78, 5) is 4.04. The summed E-state index contributed by atoms with van der Waals surface area (Å²) in [5.74, 6) is 2.92. The molecule has 1 N–H and O–H groups in total. The van der Waals surface area contributed by atoms with Crippen molar-refractivity contribution < 1.29 is 0 Å². The highest BCUT2D eigenvalue weighted by atomic mass is 35.5. The third-order valence-corrected chi connectivity index (χ3v) is 5.42. The molecule has 0 atom stereocenters. The van der Waals surface area contributed by atoms with E-state index >= 15 is 0 Å². The Bertz CT molecular complexity index is 589. The Morgan fingerprint density at radius 3 is 2.86 bits per heavy atom. The van der Waals surface area contributed by atoms with Crippen LogP contribution in [0.15, 0.2) is 17.5 Å². The van der Waals surface area contributed by atoms with Crippen LogP contribution in [0.25, 0.3) is 0 Å². The number of aromatic nitrogens is 3. The molecular weight excluding hydrogens is 318 g/mol. The summed E-state index contributed by atoms with van der Waals surface area (Å²) >= 11 is 1.86. The van der Waals surface area contributed by atoms with Gasteiger partial charge in [-0.2, -0.15) is 0 Å². The molecule has 0 saturated carbocycles. The summed E-state index contributed by atoms with van der Waals surface area (Å²) in [6.45, 7) is 6.37. The third kappa shape index (κ3) is 3.20. The number of hydrogen-bond donors (Lipinski definition) is 1. The summed E-state index contributed by atoms with van der Waals surface area (Å²) in [7, 11) is 0. The Balaban J connectivity index is 0.00000144. The fourth-order valence-electron chi connectivity index (χ4n) is 3.39. The summed E-state index contributed by atoms with van der Waals surface area (Å²) in [5, 5.41) is 14.4. The van der Waals surface area contributed by atoms with Crippen molar-refractivity contribution in [2.45, 2.75) is 38.4 Å². The molecule has 0 aliphatic carbocycles. The van der Waals surface area contributed by atoms with Crippen LogP contribution in [-0.4, -0.2) is 39.3 Å². The first-order valence-corrected chi connectivity index (χ1v) is 8.65. The van der Waals surface area contributed by atoms with Crippen LogP contribution < -0.4 is 5.32 Å². The Morgan fingerprint density at radius 1 is 1.23 bits per heavy atom. The van der Waals surface area contributed by atoms with Gasteiger partial charge in [-0.15, -0.1) is 33.9 Å². The van der Waals surface area contributed by atoms with Gasteiger partial charge in [-0.25, -0.2) is 0 Å². The quantitative estimate of drug-likeness (QED) is 0.931. The van der Waals surface area contributed by atoms with Crippen LogP contribution in [-0.2, 0) is 19.6 Å². The minimum absolute atomic E-state index is 0. The van der Waals surface area contributed by atoms with Crippen molar-refractivity contribution in [3.8, 4) is 0 Å². The highest BCUT2D eigenvalue weighted by Gasteiger charge is 2.26. The van der Waals surface area contributed by atoms with Crippen LogP contribution in [0, 0.1) is 0 Å². The second-order valence-corrected chi connectivity index (χ2v) is 6.96. The lowest BCUT2D eigenvalue weighted by molar-refractivity contribution is 0.201. The van der Waals surface area contributed by atoms with Gasteiger partial charge in [-0.05, 0) is 37.4 Å². The molecular formula is C15H22ClN5S. The van der Waals surface area contributed by atoms with E-state index < -0.39 is 0 Å². The lowest BCUT2D eigenvalue weighted by atomic mass is 9.95. The van der Waals surface area contributed by atoms with Crippen molar-refractivity contribution in [1.29, 1.82) is 0 Å². The van der Waals surface area contributed by atoms with Crippen LogP contribution in [0.5, 0.6) is 0 Å². The molecule has 0 bridgehead atoms. The average molecular weight is 340 g/mol. The monoisotopic (exact) mass is 339 g/mol. The van der Waals surface area contributed by atoms with Crippen molar-refractivity contribution >= 4 is 23.7 Å². The molecule has 0 unspecified atom stereocenters. The molecule has 5 nitrogen and oxygen atoms in total. The number of fused-ring (bicyclic) bond motifs is 1. The number of hydrogen-bond acceptors (Lipinski definition) is 5. The van der Waals surface area contributed by atoms with E-state index in [1.807, 2.05) is 11.3 Å². The van der Waals surface area contributed by atoms with Crippen molar-refractivity contribution in [3.05, 3.63) is 34.0 Å².